The van der Waals surface area contributed by atoms with Crippen molar-refractivity contribution >= 4 is 0 Å². The molecule has 1 saturated heterocycles. The van der Waals surface area contributed by atoms with Crippen molar-refractivity contribution in [3.05, 3.63) is 0 Å². The first-order valence-corrected chi connectivity index (χ1v) is 6.91. The van der Waals surface area contributed by atoms with E-state index in [1.165, 1.54) is 32.5 Å². The molecule has 1 heterocycles. The topological polar surface area (TPSA) is 15.3 Å². The maximum atomic E-state index is 3.59. The van der Waals surface area contributed by atoms with E-state index in [1.54, 1.807) is 0 Å². The van der Waals surface area contributed by atoms with Crippen LogP contribution in [-0.2, 0) is 0 Å². The smallest absolute Gasteiger partial charge is 0.0150 e. The van der Waals surface area contributed by atoms with Crippen molar-refractivity contribution < 1.29 is 0 Å². The fourth-order valence-corrected chi connectivity index (χ4v) is 2.35. The van der Waals surface area contributed by atoms with Gasteiger partial charge in [0.25, 0.3) is 0 Å². The Hall–Kier alpha value is -0.0800. The van der Waals surface area contributed by atoms with Crippen molar-refractivity contribution in [2.45, 2.75) is 53.0 Å². The van der Waals surface area contributed by atoms with Crippen molar-refractivity contribution in [1.29, 1.82) is 0 Å². The van der Waals surface area contributed by atoms with E-state index in [2.05, 4.69) is 44.8 Å². The van der Waals surface area contributed by atoms with Crippen molar-refractivity contribution in [3.63, 3.8) is 0 Å². The highest BCUT2D eigenvalue weighted by Gasteiger charge is 2.31. The average molecular weight is 226 g/mol. The fourth-order valence-electron chi connectivity index (χ4n) is 2.35. The second-order valence-corrected chi connectivity index (χ2v) is 6.32. The number of nitrogens with one attached hydrogen (secondary N) is 1. The molecule has 0 radical (unpaired) electrons. The van der Waals surface area contributed by atoms with Gasteiger partial charge < -0.3 is 5.32 Å². The van der Waals surface area contributed by atoms with Crippen molar-refractivity contribution in [2.24, 2.45) is 11.8 Å². The van der Waals surface area contributed by atoms with Gasteiger partial charge in [0.2, 0.25) is 0 Å². The van der Waals surface area contributed by atoms with Crippen LogP contribution in [-0.4, -0.2) is 36.6 Å². The molecule has 1 N–H and O–H groups in total. The van der Waals surface area contributed by atoms with E-state index in [9.17, 15) is 0 Å². The highest BCUT2D eigenvalue weighted by atomic mass is 15.2. The molecule has 0 saturated carbocycles. The second-order valence-electron chi connectivity index (χ2n) is 6.32. The third-order valence-electron chi connectivity index (χ3n) is 3.99. The van der Waals surface area contributed by atoms with Gasteiger partial charge in [-0.25, -0.2) is 0 Å². The number of rotatable bonds is 6. The summed E-state index contributed by atoms with van der Waals surface area (Å²) in [5, 5.41) is 3.59. The maximum Gasteiger partial charge on any atom is 0.0150 e. The summed E-state index contributed by atoms with van der Waals surface area (Å²) in [6.07, 6.45) is 2.62. The first-order chi connectivity index (χ1) is 7.45. The van der Waals surface area contributed by atoms with Gasteiger partial charge in [0.05, 0.1) is 0 Å². The van der Waals surface area contributed by atoms with Gasteiger partial charge in [0, 0.05) is 12.1 Å². The first kappa shape index (κ1) is 14.0. The Morgan fingerprint density at radius 1 is 1.38 bits per heavy atom. The van der Waals surface area contributed by atoms with Crippen LogP contribution in [0.2, 0.25) is 0 Å². The minimum Gasteiger partial charge on any atom is -0.316 e. The Labute approximate surface area is 102 Å². The minimum atomic E-state index is 0.396. The van der Waals surface area contributed by atoms with Crippen molar-refractivity contribution in [1.82, 2.24) is 10.2 Å². The van der Waals surface area contributed by atoms with Gasteiger partial charge in [0.1, 0.15) is 0 Å². The molecular weight excluding hydrogens is 196 g/mol. The molecule has 1 rings (SSSR count). The summed E-state index contributed by atoms with van der Waals surface area (Å²) in [5.74, 6) is 1.63. The molecule has 2 nitrogen and oxygen atoms in total. The molecule has 16 heavy (non-hydrogen) atoms. The van der Waals surface area contributed by atoms with E-state index >= 15 is 0 Å². The Morgan fingerprint density at radius 3 is 2.62 bits per heavy atom. The number of hydrogen-bond donors (Lipinski definition) is 1. The highest BCUT2D eigenvalue weighted by molar-refractivity contribution is 4.87. The van der Waals surface area contributed by atoms with Crippen LogP contribution in [0.5, 0.6) is 0 Å². The van der Waals surface area contributed by atoms with Crippen LogP contribution in [0.15, 0.2) is 0 Å². The summed E-state index contributed by atoms with van der Waals surface area (Å²) in [6, 6.07) is 0. The lowest BCUT2D eigenvalue weighted by Crippen LogP contribution is -2.42. The Balaban J connectivity index is 2.25. The molecule has 0 aromatic heterocycles. The van der Waals surface area contributed by atoms with E-state index in [1.807, 2.05) is 0 Å². The summed E-state index contributed by atoms with van der Waals surface area (Å²) < 4.78 is 0. The summed E-state index contributed by atoms with van der Waals surface area (Å²) in [6.45, 7) is 16.5. The molecule has 0 amide bonds. The molecule has 96 valence electrons. The molecule has 1 aliphatic heterocycles. The zero-order chi connectivity index (χ0) is 12.2. The van der Waals surface area contributed by atoms with Gasteiger partial charge in [-0.3, -0.25) is 4.90 Å². The number of nitrogens with zero attached hydrogens (tertiary/aromatic N) is 1. The van der Waals surface area contributed by atoms with Gasteiger partial charge in [-0.15, -0.1) is 0 Å². The van der Waals surface area contributed by atoms with Gasteiger partial charge >= 0.3 is 0 Å². The van der Waals surface area contributed by atoms with E-state index in [-0.39, 0.29) is 0 Å². The summed E-state index contributed by atoms with van der Waals surface area (Å²) in [4.78, 5) is 2.66. The van der Waals surface area contributed by atoms with Crippen LogP contribution >= 0.6 is 0 Å². The van der Waals surface area contributed by atoms with Crippen LogP contribution < -0.4 is 5.32 Å². The van der Waals surface area contributed by atoms with Crippen LogP contribution in [0.4, 0.5) is 0 Å². The summed E-state index contributed by atoms with van der Waals surface area (Å²) in [5.41, 5.74) is 0.396. The third-order valence-corrected chi connectivity index (χ3v) is 3.99. The molecule has 0 aliphatic carbocycles. The third kappa shape index (κ3) is 4.06. The predicted molar refractivity (Wildman–Crippen MR) is 71.8 cm³/mol. The zero-order valence-corrected chi connectivity index (χ0v) is 11.8. The number of hydrogen-bond acceptors (Lipinski definition) is 2. The molecule has 0 aromatic carbocycles. The summed E-state index contributed by atoms with van der Waals surface area (Å²) in [7, 11) is 0. The lowest BCUT2D eigenvalue weighted by molar-refractivity contribution is 0.144. The van der Waals surface area contributed by atoms with Crippen molar-refractivity contribution in [2.75, 3.05) is 26.2 Å². The van der Waals surface area contributed by atoms with Gasteiger partial charge in [-0.1, -0.05) is 20.8 Å². The van der Waals surface area contributed by atoms with Gasteiger partial charge in [-0.05, 0) is 58.2 Å². The summed E-state index contributed by atoms with van der Waals surface area (Å²) >= 11 is 0. The van der Waals surface area contributed by atoms with E-state index in [4.69, 9.17) is 0 Å². The van der Waals surface area contributed by atoms with Gasteiger partial charge in [-0.2, -0.15) is 0 Å². The quantitative estimate of drug-likeness (QED) is 0.749. The van der Waals surface area contributed by atoms with Crippen LogP contribution in [0, 0.1) is 11.8 Å². The zero-order valence-electron chi connectivity index (χ0n) is 11.8. The number of likely N-dealkylation sites (tertiary alicyclic amines) is 1. The van der Waals surface area contributed by atoms with Crippen LogP contribution in [0.25, 0.3) is 0 Å². The molecular formula is C14H30N2. The minimum absolute atomic E-state index is 0.396. The normalized spacial score (nSPS) is 23.2. The predicted octanol–water partition coefficient (Wildman–Crippen LogP) is 2.74. The molecule has 1 unspecified atom stereocenters. The molecule has 0 bridgehead atoms. The van der Waals surface area contributed by atoms with E-state index in [0.717, 1.165) is 18.4 Å². The van der Waals surface area contributed by atoms with E-state index < -0.39 is 0 Å². The Kier molecular flexibility index (Phi) is 5.26. The molecule has 1 aliphatic rings. The fraction of sp³-hybridized carbons (Fsp3) is 1.00. The lowest BCUT2D eigenvalue weighted by atomic mass is 10.00. The maximum absolute atomic E-state index is 3.59. The molecule has 2 heteroatoms. The first-order valence-electron chi connectivity index (χ1n) is 6.91. The lowest BCUT2D eigenvalue weighted by Gasteiger charge is -2.34. The molecule has 1 fully saturated rings. The Morgan fingerprint density at radius 2 is 2.06 bits per heavy atom. The Bertz CT molecular complexity index is 199. The largest absolute Gasteiger partial charge is 0.316 e. The average Bonchev–Trinajstić information content (AvgIpc) is 2.66. The van der Waals surface area contributed by atoms with Gasteiger partial charge in [0.15, 0.2) is 0 Å². The van der Waals surface area contributed by atoms with Crippen molar-refractivity contribution in [3.8, 4) is 0 Å². The highest BCUT2D eigenvalue weighted by Crippen LogP contribution is 2.26. The molecule has 1 atom stereocenters. The monoisotopic (exact) mass is 226 g/mol. The van der Waals surface area contributed by atoms with E-state index in [0.29, 0.717) is 5.54 Å². The van der Waals surface area contributed by atoms with Crippen LogP contribution in [0.3, 0.4) is 0 Å². The molecule has 0 aromatic rings. The van der Waals surface area contributed by atoms with Crippen LogP contribution in [0.1, 0.15) is 47.5 Å². The molecule has 0 spiro atoms. The second kappa shape index (κ2) is 6.02. The standard InChI is InChI=1S/C14H30N2/c1-6-14(4,5)16-8-7-13(11-16)10-15-9-12(2)3/h12-13,15H,6-11H2,1-5H3. The SMILES string of the molecule is CCC(C)(C)N1CCC(CNCC(C)C)C1.